The fourth-order valence-corrected chi connectivity index (χ4v) is 3.09. The second kappa shape index (κ2) is 10.1. The maximum absolute atomic E-state index is 11.9. The average molecular weight is 332 g/mol. The van der Waals surface area contributed by atoms with E-state index in [1.807, 2.05) is 18.2 Å². The zero-order valence-corrected chi connectivity index (χ0v) is 14.6. The standard InChI is InChI=1S/C20H28O4/c1-2-8-17-11-6-7-12-18(17)24-20(22)14-13-19(21)23-15-16-9-4-3-5-10-16/h6-7,11-12,16H,2-5,8-10,13-15H2,1H3. The Kier molecular flexibility index (Phi) is 7.80. The Morgan fingerprint density at radius 1 is 1.04 bits per heavy atom. The molecule has 1 saturated carbocycles. The number of esters is 2. The van der Waals surface area contributed by atoms with Gasteiger partial charge in [0.15, 0.2) is 0 Å². The molecule has 1 aliphatic carbocycles. The van der Waals surface area contributed by atoms with Crippen molar-refractivity contribution >= 4 is 11.9 Å². The lowest BCUT2D eigenvalue weighted by Crippen LogP contribution is -2.18. The minimum absolute atomic E-state index is 0.0595. The van der Waals surface area contributed by atoms with Crippen LogP contribution in [0.5, 0.6) is 5.75 Å². The molecule has 2 rings (SSSR count). The van der Waals surface area contributed by atoms with Gasteiger partial charge in [-0.25, -0.2) is 0 Å². The van der Waals surface area contributed by atoms with Crippen molar-refractivity contribution in [2.75, 3.05) is 6.61 Å². The van der Waals surface area contributed by atoms with Crippen molar-refractivity contribution in [3.8, 4) is 5.75 Å². The van der Waals surface area contributed by atoms with E-state index in [9.17, 15) is 9.59 Å². The zero-order chi connectivity index (χ0) is 17.2. The predicted octanol–water partition coefficient (Wildman–Crippen LogP) is 4.45. The van der Waals surface area contributed by atoms with Crippen molar-refractivity contribution in [2.45, 2.75) is 64.7 Å². The number of carbonyl (C=O) groups excluding carboxylic acids is 2. The molecule has 0 amide bonds. The summed E-state index contributed by atoms with van der Waals surface area (Å²) in [5, 5.41) is 0. The van der Waals surface area contributed by atoms with E-state index in [1.54, 1.807) is 6.07 Å². The summed E-state index contributed by atoms with van der Waals surface area (Å²) in [5.74, 6) is 0.406. The van der Waals surface area contributed by atoms with Gasteiger partial charge in [-0.2, -0.15) is 0 Å². The summed E-state index contributed by atoms with van der Waals surface area (Å²) in [5.41, 5.74) is 1.02. The number of aryl methyl sites for hydroxylation is 1. The van der Waals surface area contributed by atoms with Crippen LogP contribution in [0.25, 0.3) is 0 Å². The van der Waals surface area contributed by atoms with E-state index in [1.165, 1.54) is 19.3 Å². The molecule has 0 N–H and O–H groups in total. The lowest BCUT2D eigenvalue weighted by atomic mass is 9.90. The normalized spacial score (nSPS) is 15.0. The first-order valence-corrected chi connectivity index (χ1v) is 9.13. The fourth-order valence-electron chi connectivity index (χ4n) is 3.09. The minimum Gasteiger partial charge on any atom is -0.465 e. The molecule has 0 spiro atoms. The molecule has 1 aliphatic rings. The maximum atomic E-state index is 11.9. The molecule has 1 fully saturated rings. The lowest BCUT2D eigenvalue weighted by molar-refractivity contribution is -0.148. The van der Waals surface area contributed by atoms with Gasteiger partial charge in [0, 0.05) is 0 Å². The molecular weight excluding hydrogens is 304 g/mol. The molecule has 0 bridgehead atoms. The Hall–Kier alpha value is -1.84. The molecule has 0 heterocycles. The number of hydrogen-bond acceptors (Lipinski definition) is 4. The molecule has 1 aromatic rings. The molecule has 0 unspecified atom stereocenters. The Morgan fingerprint density at radius 3 is 2.50 bits per heavy atom. The Balaban J connectivity index is 1.69. The largest absolute Gasteiger partial charge is 0.465 e. The van der Waals surface area contributed by atoms with E-state index in [0.717, 1.165) is 31.2 Å². The second-order valence-corrected chi connectivity index (χ2v) is 6.52. The Bertz CT molecular complexity index is 532. The third-order valence-electron chi connectivity index (χ3n) is 4.45. The summed E-state index contributed by atoms with van der Waals surface area (Å²) in [4.78, 5) is 23.7. The fraction of sp³-hybridized carbons (Fsp3) is 0.600. The quantitative estimate of drug-likeness (QED) is 0.521. The third-order valence-corrected chi connectivity index (χ3v) is 4.45. The molecule has 1 aromatic carbocycles. The first-order chi connectivity index (χ1) is 11.7. The Labute approximate surface area is 144 Å². The second-order valence-electron chi connectivity index (χ2n) is 6.52. The van der Waals surface area contributed by atoms with Crippen LogP contribution >= 0.6 is 0 Å². The van der Waals surface area contributed by atoms with Gasteiger partial charge in [-0.05, 0) is 36.8 Å². The highest BCUT2D eigenvalue weighted by Crippen LogP contribution is 2.24. The highest BCUT2D eigenvalue weighted by atomic mass is 16.5. The van der Waals surface area contributed by atoms with Gasteiger partial charge in [0.2, 0.25) is 0 Å². The van der Waals surface area contributed by atoms with E-state index in [-0.39, 0.29) is 24.8 Å². The van der Waals surface area contributed by atoms with Crippen LogP contribution in [0.4, 0.5) is 0 Å². The molecule has 4 nitrogen and oxygen atoms in total. The molecule has 0 atom stereocenters. The Morgan fingerprint density at radius 2 is 1.75 bits per heavy atom. The van der Waals surface area contributed by atoms with Crippen LogP contribution in [0.1, 0.15) is 63.9 Å². The van der Waals surface area contributed by atoms with Gasteiger partial charge in [-0.1, -0.05) is 50.8 Å². The van der Waals surface area contributed by atoms with E-state index in [2.05, 4.69) is 6.92 Å². The molecule has 0 aliphatic heterocycles. The van der Waals surface area contributed by atoms with Crippen LogP contribution in [-0.2, 0) is 20.7 Å². The van der Waals surface area contributed by atoms with Crippen molar-refractivity contribution in [1.82, 2.24) is 0 Å². The van der Waals surface area contributed by atoms with Gasteiger partial charge in [0.25, 0.3) is 0 Å². The van der Waals surface area contributed by atoms with Gasteiger partial charge in [0.05, 0.1) is 19.4 Å². The molecule has 0 aromatic heterocycles. The van der Waals surface area contributed by atoms with Gasteiger partial charge in [-0.3, -0.25) is 9.59 Å². The van der Waals surface area contributed by atoms with Crippen molar-refractivity contribution in [3.05, 3.63) is 29.8 Å². The number of rotatable bonds is 8. The smallest absolute Gasteiger partial charge is 0.311 e. The van der Waals surface area contributed by atoms with Gasteiger partial charge in [-0.15, -0.1) is 0 Å². The van der Waals surface area contributed by atoms with E-state index in [0.29, 0.717) is 18.3 Å². The SMILES string of the molecule is CCCc1ccccc1OC(=O)CCC(=O)OCC1CCCCC1. The van der Waals surface area contributed by atoms with Gasteiger partial charge < -0.3 is 9.47 Å². The van der Waals surface area contributed by atoms with E-state index >= 15 is 0 Å². The highest BCUT2D eigenvalue weighted by molar-refractivity contribution is 5.79. The van der Waals surface area contributed by atoms with Crippen LogP contribution in [0.3, 0.4) is 0 Å². The monoisotopic (exact) mass is 332 g/mol. The highest BCUT2D eigenvalue weighted by Gasteiger charge is 2.16. The minimum atomic E-state index is -0.381. The number of hydrogen-bond donors (Lipinski definition) is 0. The predicted molar refractivity (Wildman–Crippen MR) is 92.8 cm³/mol. The molecule has 24 heavy (non-hydrogen) atoms. The molecule has 132 valence electrons. The van der Waals surface area contributed by atoms with E-state index < -0.39 is 0 Å². The van der Waals surface area contributed by atoms with Crippen molar-refractivity contribution in [1.29, 1.82) is 0 Å². The first kappa shape index (κ1) is 18.5. The molecule has 0 radical (unpaired) electrons. The van der Waals surface area contributed by atoms with Gasteiger partial charge >= 0.3 is 11.9 Å². The van der Waals surface area contributed by atoms with Crippen LogP contribution in [0.15, 0.2) is 24.3 Å². The van der Waals surface area contributed by atoms with E-state index in [4.69, 9.17) is 9.47 Å². The number of benzene rings is 1. The summed E-state index contributed by atoms with van der Waals surface area (Å²) in [7, 11) is 0. The van der Waals surface area contributed by atoms with Crippen LogP contribution in [-0.4, -0.2) is 18.5 Å². The number of para-hydroxylation sites is 1. The average Bonchev–Trinajstić information content (AvgIpc) is 2.61. The third kappa shape index (κ3) is 6.34. The lowest BCUT2D eigenvalue weighted by Gasteiger charge is -2.20. The van der Waals surface area contributed by atoms with Crippen molar-refractivity contribution in [2.24, 2.45) is 5.92 Å². The van der Waals surface area contributed by atoms with Crippen molar-refractivity contribution in [3.63, 3.8) is 0 Å². The number of carbonyl (C=O) groups is 2. The maximum Gasteiger partial charge on any atom is 0.311 e. The summed E-state index contributed by atoms with van der Waals surface area (Å²) in [6.45, 7) is 2.58. The zero-order valence-electron chi connectivity index (χ0n) is 14.6. The van der Waals surface area contributed by atoms with Crippen LogP contribution in [0, 0.1) is 5.92 Å². The van der Waals surface area contributed by atoms with Crippen molar-refractivity contribution < 1.29 is 19.1 Å². The number of ether oxygens (including phenoxy) is 2. The van der Waals surface area contributed by atoms with Crippen LogP contribution < -0.4 is 4.74 Å². The summed E-state index contributed by atoms with van der Waals surface area (Å²) in [6, 6.07) is 7.54. The summed E-state index contributed by atoms with van der Waals surface area (Å²) >= 11 is 0. The van der Waals surface area contributed by atoms with Gasteiger partial charge in [0.1, 0.15) is 5.75 Å². The molecule has 4 heteroatoms. The summed E-state index contributed by atoms with van der Waals surface area (Å²) < 4.78 is 10.7. The first-order valence-electron chi connectivity index (χ1n) is 9.13. The molecule has 0 saturated heterocycles. The summed E-state index contributed by atoms with van der Waals surface area (Å²) in [6.07, 6.45) is 8.03. The topological polar surface area (TPSA) is 52.6 Å². The molecular formula is C20H28O4. The van der Waals surface area contributed by atoms with Crippen LogP contribution in [0.2, 0.25) is 0 Å².